The first-order valence-corrected chi connectivity index (χ1v) is 11.7. The van der Waals surface area contributed by atoms with Gasteiger partial charge in [0.25, 0.3) is 15.9 Å². The van der Waals surface area contributed by atoms with Crippen molar-refractivity contribution in [1.29, 1.82) is 0 Å². The van der Waals surface area contributed by atoms with Gasteiger partial charge in [-0.2, -0.15) is 0 Å². The van der Waals surface area contributed by atoms with Crippen LogP contribution in [0.5, 0.6) is 0 Å². The third-order valence-electron chi connectivity index (χ3n) is 4.83. The number of nitrogens with zero attached hydrogens (tertiary/aromatic N) is 2. The number of carbonyl (C=O) groups excluding carboxylic acids is 1. The summed E-state index contributed by atoms with van der Waals surface area (Å²) in [6, 6.07) is 10.8. The standard InChI is InChI=1S/C19H18ClN3O4S2/c20-13-4-6-15(7-5-13)29(26,27)22-19-21-16-8-3-12(10-17(16)28-19)18(25)23-9-1-2-14(23)11-24/h3-8,10,14,24H,1-2,9,11H2,(H,21,22)/t14-/m1/s1. The first-order valence-electron chi connectivity index (χ1n) is 8.98. The van der Waals surface area contributed by atoms with Crippen LogP contribution in [0.25, 0.3) is 10.2 Å². The average molecular weight is 452 g/mol. The summed E-state index contributed by atoms with van der Waals surface area (Å²) >= 11 is 6.97. The summed E-state index contributed by atoms with van der Waals surface area (Å²) in [5, 5.41) is 10.1. The number of likely N-dealkylation sites (tertiary alicyclic amines) is 1. The molecule has 1 aliphatic rings. The molecule has 4 rings (SSSR count). The van der Waals surface area contributed by atoms with E-state index in [0.29, 0.717) is 27.3 Å². The molecule has 1 aromatic heterocycles. The van der Waals surface area contributed by atoms with Crippen molar-refractivity contribution in [2.45, 2.75) is 23.8 Å². The van der Waals surface area contributed by atoms with Crippen LogP contribution in [0.1, 0.15) is 23.2 Å². The molecular formula is C19H18ClN3O4S2. The molecule has 0 saturated carbocycles. The van der Waals surface area contributed by atoms with Crippen LogP contribution in [0.15, 0.2) is 47.4 Å². The summed E-state index contributed by atoms with van der Waals surface area (Å²) < 4.78 is 28.2. The number of carbonyl (C=O) groups is 1. The summed E-state index contributed by atoms with van der Waals surface area (Å²) in [6.45, 7) is 0.572. The van der Waals surface area contributed by atoms with E-state index in [-0.39, 0.29) is 28.6 Å². The molecule has 3 aromatic rings. The molecule has 1 saturated heterocycles. The highest BCUT2D eigenvalue weighted by Crippen LogP contribution is 2.30. The predicted molar refractivity (Wildman–Crippen MR) is 113 cm³/mol. The topological polar surface area (TPSA) is 99.6 Å². The Labute approximate surface area is 177 Å². The second-order valence-corrected chi connectivity index (χ2v) is 9.89. The number of amides is 1. The van der Waals surface area contributed by atoms with E-state index >= 15 is 0 Å². The van der Waals surface area contributed by atoms with Gasteiger partial charge in [-0.15, -0.1) is 0 Å². The average Bonchev–Trinajstić information content (AvgIpc) is 3.32. The molecule has 2 heterocycles. The van der Waals surface area contributed by atoms with E-state index in [2.05, 4.69) is 9.71 Å². The third-order valence-corrected chi connectivity index (χ3v) is 7.50. The monoisotopic (exact) mass is 451 g/mol. The molecule has 1 aliphatic heterocycles. The fraction of sp³-hybridized carbons (Fsp3) is 0.263. The maximum Gasteiger partial charge on any atom is 0.263 e. The Balaban J connectivity index is 1.58. The van der Waals surface area contributed by atoms with Gasteiger partial charge in [-0.1, -0.05) is 22.9 Å². The Kier molecular flexibility index (Phi) is 5.48. The number of halogens is 1. The summed E-state index contributed by atoms with van der Waals surface area (Å²) in [4.78, 5) is 18.9. The van der Waals surface area contributed by atoms with Crippen molar-refractivity contribution >= 4 is 54.2 Å². The van der Waals surface area contributed by atoms with Gasteiger partial charge in [-0.05, 0) is 55.3 Å². The van der Waals surface area contributed by atoms with Gasteiger partial charge >= 0.3 is 0 Å². The maximum absolute atomic E-state index is 12.8. The lowest BCUT2D eigenvalue weighted by atomic mass is 10.1. The van der Waals surface area contributed by atoms with Crippen molar-refractivity contribution in [2.75, 3.05) is 17.9 Å². The molecule has 2 N–H and O–H groups in total. The Bertz CT molecular complexity index is 1160. The first kappa shape index (κ1) is 20.1. The second kappa shape index (κ2) is 7.91. The Morgan fingerprint density at radius 2 is 2.03 bits per heavy atom. The summed E-state index contributed by atoms with van der Waals surface area (Å²) in [7, 11) is -3.79. The quantitative estimate of drug-likeness (QED) is 0.619. The van der Waals surface area contributed by atoms with Crippen molar-refractivity contribution in [2.24, 2.45) is 0 Å². The van der Waals surface area contributed by atoms with Crippen molar-refractivity contribution in [3.05, 3.63) is 53.1 Å². The van der Waals surface area contributed by atoms with Gasteiger partial charge in [0.2, 0.25) is 0 Å². The van der Waals surface area contributed by atoms with E-state index in [0.717, 1.165) is 24.2 Å². The summed E-state index contributed by atoms with van der Waals surface area (Å²) in [6.07, 6.45) is 1.66. The number of benzene rings is 2. The number of aromatic nitrogens is 1. The molecule has 7 nitrogen and oxygen atoms in total. The number of nitrogens with one attached hydrogen (secondary N) is 1. The van der Waals surface area contributed by atoms with Gasteiger partial charge in [0.15, 0.2) is 5.13 Å². The van der Waals surface area contributed by atoms with E-state index in [4.69, 9.17) is 11.6 Å². The van der Waals surface area contributed by atoms with Crippen molar-refractivity contribution in [3.63, 3.8) is 0 Å². The number of anilines is 1. The lowest BCUT2D eigenvalue weighted by molar-refractivity contribution is 0.0678. The van der Waals surface area contributed by atoms with Crippen molar-refractivity contribution in [3.8, 4) is 0 Å². The van der Waals surface area contributed by atoms with E-state index in [9.17, 15) is 18.3 Å². The fourth-order valence-electron chi connectivity index (χ4n) is 3.35. The molecule has 0 aliphatic carbocycles. The lowest BCUT2D eigenvalue weighted by Gasteiger charge is -2.23. The van der Waals surface area contributed by atoms with Crippen LogP contribution in [-0.2, 0) is 10.0 Å². The molecule has 0 spiro atoms. The molecular weight excluding hydrogens is 434 g/mol. The lowest BCUT2D eigenvalue weighted by Crippen LogP contribution is -2.37. The maximum atomic E-state index is 12.8. The molecule has 1 amide bonds. The van der Waals surface area contributed by atoms with Gasteiger partial charge in [-0.3, -0.25) is 9.52 Å². The van der Waals surface area contributed by atoms with Gasteiger partial charge in [0.05, 0.1) is 27.8 Å². The highest BCUT2D eigenvalue weighted by molar-refractivity contribution is 7.93. The third kappa shape index (κ3) is 4.09. The zero-order valence-corrected chi connectivity index (χ0v) is 17.6. The van der Waals surface area contributed by atoms with Crippen LogP contribution in [0.2, 0.25) is 5.02 Å². The van der Waals surface area contributed by atoms with Crippen LogP contribution < -0.4 is 4.72 Å². The number of thiazole rings is 1. The molecule has 152 valence electrons. The van der Waals surface area contributed by atoms with Crippen LogP contribution in [0.3, 0.4) is 0 Å². The number of sulfonamides is 1. The number of aliphatic hydroxyl groups is 1. The number of hydrogen-bond donors (Lipinski definition) is 2. The largest absolute Gasteiger partial charge is 0.394 e. The molecule has 10 heteroatoms. The van der Waals surface area contributed by atoms with Crippen LogP contribution in [0, 0.1) is 0 Å². The normalized spacial score (nSPS) is 17.0. The fourth-order valence-corrected chi connectivity index (χ4v) is 5.61. The van der Waals surface area contributed by atoms with Gasteiger partial charge in [-0.25, -0.2) is 13.4 Å². The van der Waals surface area contributed by atoms with Crippen molar-refractivity contribution < 1.29 is 18.3 Å². The molecule has 1 atom stereocenters. The molecule has 1 fully saturated rings. The SMILES string of the molecule is O=C(c1ccc2nc(NS(=O)(=O)c3ccc(Cl)cc3)sc2c1)N1CCC[C@@H]1CO. The zero-order chi connectivity index (χ0) is 20.6. The smallest absolute Gasteiger partial charge is 0.263 e. The van der Waals surface area contributed by atoms with E-state index in [1.54, 1.807) is 23.1 Å². The first-order chi connectivity index (χ1) is 13.9. The Morgan fingerprint density at radius 1 is 1.28 bits per heavy atom. The molecule has 0 bridgehead atoms. The van der Waals surface area contributed by atoms with E-state index in [1.165, 1.54) is 24.3 Å². The molecule has 0 radical (unpaired) electrons. The van der Waals surface area contributed by atoms with Gasteiger partial charge in [0, 0.05) is 17.1 Å². The Morgan fingerprint density at radius 3 is 2.76 bits per heavy atom. The van der Waals surface area contributed by atoms with Crippen LogP contribution >= 0.6 is 22.9 Å². The highest BCUT2D eigenvalue weighted by atomic mass is 35.5. The van der Waals surface area contributed by atoms with Crippen LogP contribution in [0.4, 0.5) is 5.13 Å². The minimum atomic E-state index is -3.79. The Hall–Kier alpha value is -2.20. The number of rotatable bonds is 5. The van der Waals surface area contributed by atoms with Gasteiger partial charge in [0.1, 0.15) is 0 Å². The molecule has 2 aromatic carbocycles. The van der Waals surface area contributed by atoms with E-state index < -0.39 is 10.0 Å². The number of fused-ring (bicyclic) bond motifs is 1. The van der Waals surface area contributed by atoms with Crippen LogP contribution in [-0.4, -0.2) is 48.5 Å². The highest BCUT2D eigenvalue weighted by Gasteiger charge is 2.29. The molecule has 29 heavy (non-hydrogen) atoms. The van der Waals surface area contributed by atoms with E-state index in [1.807, 2.05) is 0 Å². The number of hydrogen-bond acceptors (Lipinski definition) is 6. The van der Waals surface area contributed by atoms with Gasteiger partial charge < -0.3 is 10.0 Å². The zero-order valence-electron chi connectivity index (χ0n) is 15.2. The minimum Gasteiger partial charge on any atom is -0.394 e. The minimum absolute atomic E-state index is 0.0504. The second-order valence-electron chi connectivity index (χ2n) is 6.74. The summed E-state index contributed by atoms with van der Waals surface area (Å²) in [5.74, 6) is -0.139. The summed E-state index contributed by atoms with van der Waals surface area (Å²) in [5.41, 5.74) is 1.09. The number of aliphatic hydroxyl groups excluding tert-OH is 1. The molecule has 0 unspecified atom stereocenters. The van der Waals surface area contributed by atoms with Crippen molar-refractivity contribution in [1.82, 2.24) is 9.88 Å². The predicted octanol–water partition coefficient (Wildman–Crippen LogP) is 3.35.